The van der Waals surface area contributed by atoms with E-state index in [-0.39, 0.29) is 0 Å². The van der Waals surface area contributed by atoms with E-state index in [1.165, 1.54) is 6.42 Å². The average molecular weight is 194 g/mol. The van der Waals surface area contributed by atoms with Crippen molar-refractivity contribution in [1.29, 1.82) is 0 Å². The van der Waals surface area contributed by atoms with Gasteiger partial charge in [-0.2, -0.15) is 0 Å². The molecule has 0 saturated heterocycles. The minimum atomic E-state index is 0.789. The second-order valence-electron chi connectivity index (χ2n) is 3.34. The molecule has 0 fully saturated rings. The van der Waals surface area contributed by atoms with Gasteiger partial charge in [-0.1, -0.05) is 6.42 Å². The van der Waals surface area contributed by atoms with E-state index < -0.39 is 0 Å². The second kappa shape index (κ2) is 6.32. The van der Waals surface area contributed by atoms with E-state index in [1.54, 1.807) is 12.5 Å². The third-order valence-corrected chi connectivity index (χ3v) is 2.16. The molecule has 0 unspecified atom stereocenters. The summed E-state index contributed by atoms with van der Waals surface area (Å²) in [5.41, 5.74) is 5.42. The molecule has 0 bridgehead atoms. The van der Waals surface area contributed by atoms with Crippen LogP contribution in [0.5, 0.6) is 0 Å². The number of anilines is 1. The van der Waals surface area contributed by atoms with Crippen molar-refractivity contribution in [1.82, 2.24) is 9.97 Å². The molecule has 1 heterocycles. The fourth-order valence-corrected chi connectivity index (χ4v) is 1.29. The van der Waals surface area contributed by atoms with E-state index in [4.69, 9.17) is 5.73 Å². The Morgan fingerprint density at radius 1 is 1.36 bits per heavy atom. The van der Waals surface area contributed by atoms with Gasteiger partial charge < -0.3 is 10.6 Å². The van der Waals surface area contributed by atoms with Crippen molar-refractivity contribution in [2.45, 2.75) is 19.3 Å². The van der Waals surface area contributed by atoms with Gasteiger partial charge in [0.05, 0.1) is 0 Å². The van der Waals surface area contributed by atoms with E-state index in [2.05, 4.69) is 14.9 Å². The molecule has 0 radical (unpaired) electrons. The van der Waals surface area contributed by atoms with Crippen molar-refractivity contribution >= 4 is 5.82 Å². The van der Waals surface area contributed by atoms with Gasteiger partial charge in [-0.05, 0) is 25.5 Å². The Kier molecular flexibility index (Phi) is 4.93. The predicted molar refractivity (Wildman–Crippen MR) is 58.2 cm³/mol. The molecular weight excluding hydrogens is 176 g/mol. The molecule has 4 heteroatoms. The van der Waals surface area contributed by atoms with Crippen LogP contribution in [0.25, 0.3) is 0 Å². The Hall–Kier alpha value is -1.16. The van der Waals surface area contributed by atoms with Gasteiger partial charge >= 0.3 is 0 Å². The van der Waals surface area contributed by atoms with Gasteiger partial charge in [-0.3, -0.25) is 0 Å². The number of nitrogens with zero attached hydrogens (tertiary/aromatic N) is 3. The first-order valence-corrected chi connectivity index (χ1v) is 5.02. The molecule has 1 rings (SSSR count). The number of hydrogen-bond donors (Lipinski definition) is 1. The van der Waals surface area contributed by atoms with Crippen LogP contribution in [-0.4, -0.2) is 30.1 Å². The third-order valence-electron chi connectivity index (χ3n) is 2.16. The smallest absolute Gasteiger partial charge is 0.131 e. The molecule has 78 valence electrons. The minimum Gasteiger partial charge on any atom is -0.360 e. The fourth-order valence-electron chi connectivity index (χ4n) is 1.29. The van der Waals surface area contributed by atoms with Crippen molar-refractivity contribution in [3.8, 4) is 0 Å². The Bertz CT molecular complexity index is 237. The maximum absolute atomic E-state index is 5.42. The number of rotatable bonds is 6. The van der Waals surface area contributed by atoms with E-state index >= 15 is 0 Å². The summed E-state index contributed by atoms with van der Waals surface area (Å²) in [7, 11) is 2.05. The van der Waals surface area contributed by atoms with Crippen LogP contribution in [-0.2, 0) is 0 Å². The summed E-state index contributed by atoms with van der Waals surface area (Å²) in [5, 5.41) is 0. The molecule has 4 nitrogen and oxygen atoms in total. The minimum absolute atomic E-state index is 0.789. The van der Waals surface area contributed by atoms with E-state index in [0.29, 0.717) is 0 Å². The van der Waals surface area contributed by atoms with Gasteiger partial charge in [-0.15, -0.1) is 0 Å². The van der Waals surface area contributed by atoms with E-state index in [1.807, 2.05) is 13.1 Å². The van der Waals surface area contributed by atoms with Crippen LogP contribution in [0.4, 0.5) is 5.82 Å². The Morgan fingerprint density at radius 3 is 2.86 bits per heavy atom. The zero-order valence-electron chi connectivity index (χ0n) is 8.69. The van der Waals surface area contributed by atoms with Crippen molar-refractivity contribution < 1.29 is 0 Å². The molecular formula is C10H18N4. The third kappa shape index (κ3) is 3.70. The molecule has 14 heavy (non-hydrogen) atoms. The summed E-state index contributed by atoms with van der Waals surface area (Å²) in [6.45, 7) is 1.81. The molecule has 0 aliphatic heterocycles. The monoisotopic (exact) mass is 194 g/mol. The summed E-state index contributed by atoms with van der Waals surface area (Å²) >= 11 is 0. The number of hydrogen-bond acceptors (Lipinski definition) is 4. The zero-order valence-corrected chi connectivity index (χ0v) is 8.69. The lowest BCUT2D eigenvalue weighted by Crippen LogP contribution is -2.19. The quantitative estimate of drug-likeness (QED) is 0.687. The number of nitrogens with two attached hydrogens (primary N) is 1. The molecule has 0 saturated carbocycles. The second-order valence-corrected chi connectivity index (χ2v) is 3.34. The van der Waals surface area contributed by atoms with Crippen molar-refractivity contribution in [3.05, 3.63) is 18.6 Å². The largest absolute Gasteiger partial charge is 0.360 e. The van der Waals surface area contributed by atoms with Gasteiger partial charge in [0.2, 0.25) is 0 Å². The van der Waals surface area contributed by atoms with Crippen LogP contribution in [0.2, 0.25) is 0 Å². The van der Waals surface area contributed by atoms with Crippen molar-refractivity contribution in [2.75, 3.05) is 25.0 Å². The van der Waals surface area contributed by atoms with Crippen molar-refractivity contribution in [2.24, 2.45) is 5.73 Å². The first kappa shape index (κ1) is 10.9. The molecule has 0 spiro atoms. The average Bonchev–Trinajstić information content (AvgIpc) is 2.25. The maximum atomic E-state index is 5.42. The van der Waals surface area contributed by atoms with Crippen LogP contribution in [0.15, 0.2) is 18.6 Å². The normalized spacial score (nSPS) is 10.1. The lowest BCUT2D eigenvalue weighted by atomic mass is 10.2. The topological polar surface area (TPSA) is 55.0 Å². The van der Waals surface area contributed by atoms with Gasteiger partial charge in [0.1, 0.15) is 12.1 Å². The standard InChI is InChI=1S/C10H18N4/c1-14(8-4-2-3-6-11)10-5-7-12-9-13-10/h5,7,9H,2-4,6,8,11H2,1H3. The maximum Gasteiger partial charge on any atom is 0.131 e. The highest BCUT2D eigenvalue weighted by molar-refractivity contribution is 5.34. The van der Waals surface area contributed by atoms with Crippen LogP contribution >= 0.6 is 0 Å². The Balaban J connectivity index is 2.25. The highest BCUT2D eigenvalue weighted by Gasteiger charge is 1.99. The first-order chi connectivity index (χ1) is 6.84. The van der Waals surface area contributed by atoms with Crippen LogP contribution in [0.1, 0.15) is 19.3 Å². The summed E-state index contributed by atoms with van der Waals surface area (Å²) in [6, 6.07) is 1.92. The summed E-state index contributed by atoms with van der Waals surface area (Å²) in [4.78, 5) is 10.2. The molecule has 0 amide bonds. The van der Waals surface area contributed by atoms with Gasteiger partial charge in [-0.25, -0.2) is 9.97 Å². The molecule has 2 N–H and O–H groups in total. The molecule has 0 aliphatic carbocycles. The van der Waals surface area contributed by atoms with Crippen molar-refractivity contribution in [3.63, 3.8) is 0 Å². The first-order valence-electron chi connectivity index (χ1n) is 5.02. The number of unbranched alkanes of at least 4 members (excludes halogenated alkanes) is 2. The molecule has 0 aromatic carbocycles. The molecule has 1 aromatic rings. The Morgan fingerprint density at radius 2 is 2.21 bits per heavy atom. The summed E-state index contributed by atoms with van der Waals surface area (Å²) < 4.78 is 0. The van der Waals surface area contributed by atoms with Gasteiger partial charge in [0, 0.05) is 19.8 Å². The highest BCUT2D eigenvalue weighted by atomic mass is 15.2. The predicted octanol–water partition coefficient (Wildman–Crippen LogP) is 1.04. The van der Waals surface area contributed by atoms with E-state index in [9.17, 15) is 0 Å². The van der Waals surface area contributed by atoms with Crippen LogP contribution in [0, 0.1) is 0 Å². The molecule has 0 atom stereocenters. The molecule has 1 aromatic heterocycles. The number of aromatic nitrogens is 2. The summed E-state index contributed by atoms with van der Waals surface area (Å²) in [5.74, 6) is 0.979. The molecule has 0 aliphatic rings. The van der Waals surface area contributed by atoms with Crippen LogP contribution < -0.4 is 10.6 Å². The lowest BCUT2D eigenvalue weighted by Gasteiger charge is -2.17. The Labute approximate surface area is 85.2 Å². The zero-order chi connectivity index (χ0) is 10.2. The fraction of sp³-hybridized carbons (Fsp3) is 0.600. The lowest BCUT2D eigenvalue weighted by molar-refractivity contribution is 0.676. The van der Waals surface area contributed by atoms with Crippen LogP contribution in [0.3, 0.4) is 0 Å². The van der Waals surface area contributed by atoms with Gasteiger partial charge in [0.15, 0.2) is 0 Å². The van der Waals surface area contributed by atoms with E-state index in [0.717, 1.165) is 31.7 Å². The van der Waals surface area contributed by atoms with Gasteiger partial charge in [0.25, 0.3) is 0 Å². The summed E-state index contributed by atoms with van der Waals surface area (Å²) in [6.07, 6.45) is 6.80. The SMILES string of the molecule is CN(CCCCCN)c1ccncn1. The highest BCUT2D eigenvalue weighted by Crippen LogP contribution is 2.06.